The van der Waals surface area contributed by atoms with Crippen LogP contribution in [0.2, 0.25) is 0 Å². The molecule has 1 N–H and O–H groups in total. The topological polar surface area (TPSA) is 104 Å². The molecule has 0 saturated carbocycles. The quantitative estimate of drug-likeness (QED) is 0.306. The molecule has 162 valence electrons. The Morgan fingerprint density at radius 2 is 1.88 bits per heavy atom. The van der Waals surface area contributed by atoms with Crippen LogP contribution in [0.4, 0.5) is 0 Å². The van der Waals surface area contributed by atoms with Crippen molar-refractivity contribution in [3.05, 3.63) is 81.1 Å². The number of halogens is 1. The van der Waals surface area contributed by atoms with E-state index < -0.39 is 11.5 Å². The first-order chi connectivity index (χ1) is 15.5. The van der Waals surface area contributed by atoms with Gasteiger partial charge in [0.25, 0.3) is 5.91 Å². The molecule has 0 atom stereocenters. The maximum absolute atomic E-state index is 12.4. The molecular formula is C23H18BrN3O5. The molecule has 2 heterocycles. The first kappa shape index (κ1) is 21.5. The number of fused-ring (bicyclic) bond motifs is 1. The zero-order valence-electron chi connectivity index (χ0n) is 17.0. The molecule has 32 heavy (non-hydrogen) atoms. The van der Waals surface area contributed by atoms with Crippen molar-refractivity contribution in [2.24, 2.45) is 0 Å². The molecule has 0 aliphatic carbocycles. The van der Waals surface area contributed by atoms with Crippen LogP contribution in [0.3, 0.4) is 0 Å². The van der Waals surface area contributed by atoms with E-state index in [4.69, 9.17) is 13.9 Å². The molecule has 4 rings (SSSR count). The smallest absolute Gasteiger partial charge is 0.349 e. The van der Waals surface area contributed by atoms with Gasteiger partial charge in [-0.25, -0.2) is 4.79 Å². The molecule has 0 unspecified atom stereocenters. The number of hydrogen-bond donors (Lipinski definition) is 1. The number of rotatable bonds is 7. The minimum Gasteiger partial charge on any atom is -0.497 e. The molecule has 8 nitrogen and oxygen atoms in total. The molecule has 4 aromatic rings. The summed E-state index contributed by atoms with van der Waals surface area (Å²) in [4.78, 5) is 24.5. The number of carbonyl (C=O) groups is 1. The number of aromatic nitrogens is 2. The molecule has 0 aliphatic heterocycles. The Balaban J connectivity index is 1.32. The Hall–Kier alpha value is -3.72. The van der Waals surface area contributed by atoms with E-state index in [1.807, 2.05) is 24.3 Å². The van der Waals surface area contributed by atoms with Crippen molar-refractivity contribution >= 4 is 32.8 Å². The number of ether oxygens (including phenoxy) is 2. The Kier molecular flexibility index (Phi) is 6.46. The van der Waals surface area contributed by atoms with E-state index in [0.717, 1.165) is 15.8 Å². The Bertz CT molecular complexity index is 1300. The van der Waals surface area contributed by atoms with Crippen LogP contribution < -0.4 is 20.4 Å². The van der Waals surface area contributed by atoms with Gasteiger partial charge >= 0.3 is 5.63 Å². The fourth-order valence-corrected chi connectivity index (χ4v) is 3.36. The first-order valence-corrected chi connectivity index (χ1v) is 10.5. The molecule has 0 bridgehead atoms. The summed E-state index contributed by atoms with van der Waals surface area (Å²) in [5.74, 6) is 0.551. The lowest BCUT2D eigenvalue weighted by atomic mass is 10.1. The number of nitrogens with one attached hydrogen (secondary N) is 1. The standard InChI is InChI=1S/C23H18BrN3O5/c1-30-17-5-2-14(3-6-17)19-7-9-21(27-26-19)31-11-10-25-22(28)18-13-15-12-16(24)4-8-20(15)32-23(18)29/h2-9,12-13H,10-11H2,1H3,(H,25,28). The number of hydrogen-bond acceptors (Lipinski definition) is 7. The van der Waals surface area contributed by atoms with Gasteiger partial charge in [0, 0.05) is 21.5 Å². The van der Waals surface area contributed by atoms with Crippen LogP contribution in [0.5, 0.6) is 11.6 Å². The van der Waals surface area contributed by atoms with Gasteiger partial charge in [0.05, 0.1) is 19.3 Å². The van der Waals surface area contributed by atoms with Gasteiger partial charge in [-0.05, 0) is 54.6 Å². The van der Waals surface area contributed by atoms with Crippen LogP contribution in [0.1, 0.15) is 10.4 Å². The van der Waals surface area contributed by atoms with Crippen molar-refractivity contribution in [1.82, 2.24) is 15.5 Å². The van der Waals surface area contributed by atoms with E-state index in [1.54, 1.807) is 37.4 Å². The predicted molar refractivity (Wildman–Crippen MR) is 122 cm³/mol. The van der Waals surface area contributed by atoms with Crippen LogP contribution in [-0.2, 0) is 0 Å². The largest absolute Gasteiger partial charge is 0.497 e. The van der Waals surface area contributed by atoms with Crippen LogP contribution in [0.25, 0.3) is 22.2 Å². The van der Waals surface area contributed by atoms with Crippen molar-refractivity contribution in [3.63, 3.8) is 0 Å². The third-order valence-corrected chi connectivity index (χ3v) is 5.10. The first-order valence-electron chi connectivity index (χ1n) is 9.66. The van der Waals surface area contributed by atoms with Crippen LogP contribution in [0, 0.1) is 0 Å². The van der Waals surface area contributed by atoms with Gasteiger partial charge < -0.3 is 19.2 Å². The summed E-state index contributed by atoms with van der Waals surface area (Å²) in [6.45, 7) is 0.337. The molecule has 0 aliphatic rings. The van der Waals surface area contributed by atoms with Crippen LogP contribution in [0.15, 0.2) is 74.3 Å². The van der Waals surface area contributed by atoms with Gasteiger partial charge in [-0.1, -0.05) is 15.9 Å². The van der Waals surface area contributed by atoms with E-state index >= 15 is 0 Å². The van der Waals surface area contributed by atoms with Crippen LogP contribution >= 0.6 is 15.9 Å². The van der Waals surface area contributed by atoms with E-state index in [1.165, 1.54) is 6.07 Å². The summed E-state index contributed by atoms with van der Waals surface area (Å²) in [5.41, 5.74) is 1.24. The Morgan fingerprint density at radius 1 is 1.06 bits per heavy atom. The van der Waals surface area contributed by atoms with Gasteiger partial charge in [-0.15, -0.1) is 10.2 Å². The zero-order chi connectivity index (χ0) is 22.5. The van der Waals surface area contributed by atoms with E-state index in [9.17, 15) is 9.59 Å². The third-order valence-electron chi connectivity index (χ3n) is 4.60. The maximum atomic E-state index is 12.4. The number of benzene rings is 2. The van der Waals surface area contributed by atoms with Gasteiger partial charge in [-0.2, -0.15) is 0 Å². The summed E-state index contributed by atoms with van der Waals surface area (Å²) in [6.07, 6.45) is 0. The monoisotopic (exact) mass is 495 g/mol. The molecule has 0 fully saturated rings. The van der Waals surface area contributed by atoms with Gasteiger partial charge in [0.15, 0.2) is 0 Å². The molecule has 0 saturated heterocycles. The molecule has 0 radical (unpaired) electrons. The summed E-state index contributed by atoms with van der Waals surface area (Å²) in [6, 6.07) is 17.7. The highest BCUT2D eigenvalue weighted by Gasteiger charge is 2.13. The average molecular weight is 496 g/mol. The number of carbonyl (C=O) groups excluding carboxylic acids is 1. The molecule has 0 spiro atoms. The third kappa shape index (κ3) is 4.94. The van der Waals surface area contributed by atoms with E-state index in [2.05, 4.69) is 31.4 Å². The number of amides is 1. The minimum atomic E-state index is -0.696. The lowest BCUT2D eigenvalue weighted by molar-refractivity contribution is 0.0943. The zero-order valence-corrected chi connectivity index (χ0v) is 18.6. The number of methoxy groups -OCH3 is 1. The van der Waals surface area contributed by atoms with Crippen molar-refractivity contribution in [3.8, 4) is 22.9 Å². The maximum Gasteiger partial charge on any atom is 0.349 e. The average Bonchev–Trinajstić information content (AvgIpc) is 2.82. The minimum absolute atomic E-state index is 0.0702. The van der Waals surface area contributed by atoms with E-state index in [0.29, 0.717) is 22.5 Å². The summed E-state index contributed by atoms with van der Waals surface area (Å²) < 4.78 is 16.7. The summed E-state index contributed by atoms with van der Waals surface area (Å²) in [5, 5.41) is 11.5. The highest BCUT2D eigenvalue weighted by atomic mass is 79.9. The van der Waals surface area contributed by atoms with Gasteiger partial charge in [-0.3, -0.25) is 4.79 Å². The van der Waals surface area contributed by atoms with Crippen LogP contribution in [-0.4, -0.2) is 36.4 Å². The Labute approximate surface area is 191 Å². The predicted octanol–water partition coefficient (Wildman–Crippen LogP) is 3.83. The molecular weight excluding hydrogens is 478 g/mol. The molecule has 1 amide bonds. The Morgan fingerprint density at radius 3 is 2.59 bits per heavy atom. The second kappa shape index (κ2) is 9.61. The molecule has 9 heteroatoms. The second-order valence-corrected chi connectivity index (χ2v) is 7.64. The van der Waals surface area contributed by atoms with Crippen molar-refractivity contribution < 1.29 is 18.7 Å². The fourth-order valence-electron chi connectivity index (χ4n) is 2.98. The van der Waals surface area contributed by atoms with Crippen molar-refractivity contribution in [2.75, 3.05) is 20.3 Å². The fraction of sp³-hybridized carbons (Fsp3) is 0.130. The van der Waals surface area contributed by atoms with Crippen molar-refractivity contribution in [2.45, 2.75) is 0 Å². The number of nitrogens with zero attached hydrogens (tertiary/aromatic N) is 2. The lowest BCUT2D eigenvalue weighted by Crippen LogP contribution is -2.31. The lowest BCUT2D eigenvalue weighted by Gasteiger charge is -2.08. The molecule has 2 aromatic carbocycles. The van der Waals surface area contributed by atoms with Gasteiger partial charge in [0.2, 0.25) is 5.88 Å². The van der Waals surface area contributed by atoms with Gasteiger partial charge in [0.1, 0.15) is 23.5 Å². The van der Waals surface area contributed by atoms with Crippen molar-refractivity contribution in [1.29, 1.82) is 0 Å². The molecule has 2 aromatic heterocycles. The highest BCUT2D eigenvalue weighted by molar-refractivity contribution is 9.10. The summed E-state index contributed by atoms with van der Waals surface area (Å²) >= 11 is 3.36. The summed E-state index contributed by atoms with van der Waals surface area (Å²) in [7, 11) is 1.61. The SMILES string of the molecule is COc1ccc(-c2ccc(OCCNC(=O)c3cc4cc(Br)ccc4oc3=O)nn2)cc1. The highest BCUT2D eigenvalue weighted by Crippen LogP contribution is 2.21. The second-order valence-electron chi connectivity index (χ2n) is 6.72. The van der Waals surface area contributed by atoms with E-state index in [-0.39, 0.29) is 18.7 Å². The normalized spacial score (nSPS) is 10.7.